The Labute approximate surface area is 194 Å². The van der Waals surface area contributed by atoms with E-state index in [2.05, 4.69) is 37.2 Å². The summed E-state index contributed by atoms with van der Waals surface area (Å²) >= 11 is 3.38. The van der Waals surface area contributed by atoms with Gasteiger partial charge in [-0.05, 0) is 48.0 Å². The fraction of sp³-hybridized carbons (Fsp3) is 0.125. The van der Waals surface area contributed by atoms with E-state index < -0.39 is 6.04 Å². The van der Waals surface area contributed by atoms with Crippen LogP contribution in [0.2, 0.25) is 0 Å². The van der Waals surface area contributed by atoms with Crippen molar-refractivity contribution in [1.29, 1.82) is 0 Å². The molecule has 0 saturated heterocycles. The second-order valence-corrected chi connectivity index (χ2v) is 8.00. The lowest BCUT2D eigenvalue weighted by Gasteiger charge is -2.18. The Balaban J connectivity index is 1.61. The molecule has 0 aliphatic carbocycles. The Morgan fingerprint density at radius 3 is 2.03 bits per heavy atom. The third-order valence-corrected chi connectivity index (χ3v) is 5.00. The number of benzene rings is 3. The molecule has 0 bridgehead atoms. The van der Waals surface area contributed by atoms with Crippen molar-refractivity contribution in [3.8, 4) is 0 Å². The molecule has 4 amide bonds. The van der Waals surface area contributed by atoms with Crippen molar-refractivity contribution in [2.24, 2.45) is 0 Å². The molecule has 0 aliphatic heterocycles. The van der Waals surface area contributed by atoms with Crippen LogP contribution in [-0.2, 0) is 9.59 Å². The lowest BCUT2D eigenvalue weighted by molar-refractivity contribution is -0.120. The molecule has 1 atom stereocenters. The Kier molecular flexibility index (Phi) is 7.99. The fourth-order valence-electron chi connectivity index (χ4n) is 3.08. The van der Waals surface area contributed by atoms with Gasteiger partial charge in [0, 0.05) is 28.5 Å². The predicted molar refractivity (Wildman–Crippen MR) is 129 cm³/mol. The van der Waals surface area contributed by atoms with E-state index in [1.165, 1.54) is 6.92 Å². The molecule has 8 heteroatoms. The summed E-state index contributed by atoms with van der Waals surface area (Å²) < 4.78 is 0.910. The highest BCUT2D eigenvalue weighted by Crippen LogP contribution is 2.22. The van der Waals surface area contributed by atoms with Crippen molar-refractivity contribution in [2.45, 2.75) is 19.4 Å². The smallest absolute Gasteiger partial charge is 0.323 e. The van der Waals surface area contributed by atoms with Crippen molar-refractivity contribution in [3.05, 3.63) is 88.9 Å². The van der Waals surface area contributed by atoms with Gasteiger partial charge in [-0.25, -0.2) is 4.79 Å². The molecule has 0 fully saturated rings. The van der Waals surface area contributed by atoms with E-state index in [0.717, 1.165) is 10.0 Å². The van der Waals surface area contributed by atoms with Gasteiger partial charge in [-0.15, -0.1) is 0 Å². The van der Waals surface area contributed by atoms with Gasteiger partial charge in [0.15, 0.2) is 0 Å². The van der Waals surface area contributed by atoms with Gasteiger partial charge in [0.1, 0.15) is 0 Å². The highest BCUT2D eigenvalue weighted by atomic mass is 79.9. The molecule has 164 valence electrons. The second kappa shape index (κ2) is 11.1. The maximum atomic E-state index is 12.6. The highest BCUT2D eigenvalue weighted by molar-refractivity contribution is 9.10. The van der Waals surface area contributed by atoms with Crippen LogP contribution in [0.15, 0.2) is 83.3 Å². The standard InChI is InChI=1S/C24H23BrN4O3/c1-16(30)26-22(17-10-12-18(25)13-11-17)15-23(31)27-20-8-5-9-21(14-20)29-24(32)28-19-6-3-2-4-7-19/h2-14,22H,15H2,1H3,(H,26,30)(H,27,31)(H2,28,29,32). The number of carbonyl (C=O) groups is 3. The molecule has 0 saturated carbocycles. The van der Waals surface area contributed by atoms with Crippen LogP contribution in [0.5, 0.6) is 0 Å². The van der Waals surface area contributed by atoms with Crippen molar-refractivity contribution < 1.29 is 14.4 Å². The Hall–Kier alpha value is -3.65. The average molecular weight is 495 g/mol. The van der Waals surface area contributed by atoms with Gasteiger partial charge < -0.3 is 21.3 Å². The van der Waals surface area contributed by atoms with E-state index in [0.29, 0.717) is 17.1 Å². The van der Waals surface area contributed by atoms with Crippen molar-refractivity contribution >= 4 is 50.8 Å². The molecule has 7 nitrogen and oxygen atoms in total. The number of amides is 4. The Morgan fingerprint density at radius 1 is 0.781 bits per heavy atom. The third kappa shape index (κ3) is 7.24. The fourth-order valence-corrected chi connectivity index (χ4v) is 3.34. The van der Waals surface area contributed by atoms with Gasteiger partial charge >= 0.3 is 6.03 Å². The lowest BCUT2D eigenvalue weighted by atomic mass is 10.0. The molecule has 0 aliphatic rings. The number of urea groups is 1. The van der Waals surface area contributed by atoms with Gasteiger partial charge in [-0.1, -0.05) is 52.3 Å². The van der Waals surface area contributed by atoms with Crippen molar-refractivity contribution in [3.63, 3.8) is 0 Å². The molecular weight excluding hydrogens is 472 g/mol. The molecule has 0 spiro atoms. The van der Waals surface area contributed by atoms with Gasteiger partial charge in [-0.2, -0.15) is 0 Å². The van der Waals surface area contributed by atoms with Gasteiger partial charge in [0.05, 0.1) is 12.5 Å². The topological polar surface area (TPSA) is 99.3 Å². The van der Waals surface area contributed by atoms with Crippen molar-refractivity contribution in [2.75, 3.05) is 16.0 Å². The molecule has 0 radical (unpaired) electrons. The predicted octanol–water partition coefficient (Wildman–Crippen LogP) is 5.30. The van der Waals surface area contributed by atoms with Crippen LogP contribution in [0.25, 0.3) is 0 Å². The number of carbonyl (C=O) groups excluding carboxylic acids is 3. The number of anilines is 3. The number of hydrogen-bond donors (Lipinski definition) is 4. The Morgan fingerprint density at radius 2 is 1.38 bits per heavy atom. The minimum absolute atomic E-state index is 0.0629. The number of halogens is 1. The summed E-state index contributed by atoms with van der Waals surface area (Å²) in [7, 11) is 0. The quantitative estimate of drug-likeness (QED) is 0.358. The zero-order chi connectivity index (χ0) is 22.9. The first-order valence-electron chi connectivity index (χ1n) is 9.94. The third-order valence-electron chi connectivity index (χ3n) is 4.48. The lowest BCUT2D eigenvalue weighted by Crippen LogP contribution is -2.29. The first-order valence-corrected chi connectivity index (χ1v) is 10.7. The summed E-state index contributed by atoms with van der Waals surface area (Å²) in [6.07, 6.45) is 0.0629. The van der Waals surface area contributed by atoms with E-state index in [4.69, 9.17) is 0 Å². The molecule has 3 aromatic carbocycles. The van der Waals surface area contributed by atoms with E-state index in [1.54, 1.807) is 36.4 Å². The first-order chi connectivity index (χ1) is 15.4. The normalized spacial score (nSPS) is 11.2. The summed E-state index contributed by atoms with van der Waals surface area (Å²) in [6, 6.07) is 22.5. The summed E-state index contributed by atoms with van der Waals surface area (Å²) in [6.45, 7) is 1.42. The maximum Gasteiger partial charge on any atom is 0.323 e. The molecular formula is C24H23BrN4O3. The SMILES string of the molecule is CC(=O)NC(CC(=O)Nc1cccc(NC(=O)Nc2ccccc2)c1)c1ccc(Br)cc1. The van der Waals surface area contributed by atoms with E-state index in [-0.39, 0.29) is 24.3 Å². The van der Waals surface area contributed by atoms with Gasteiger partial charge in [0.25, 0.3) is 0 Å². The number of hydrogen-bond acceptors (Lipinski definition) is 3. The zero-order valence-corrected chi connectivity index (χ0v) is 19.0. The van der Waals surface area contributed by atoms with Crippen molar-refractivity contribution in [1.82, 2.24) is 5.32 Å². The minimum Gasteiger partial charge on any atom is -0.349 e. The van der Waals surface area contributed by atoms with E-state index in [1.807, 2.05) is 42.5 Å². The molecule has 3 rings (SSSR count). The van der Waals surface area contributed by atoms with Gasteiger partial charge in [0.2, 0.25) is 11.8 Å². The largest absolute Gasteiger partial charge is 0.349 e. The zero-order valence-electron chi connectivity index (χ0n) is 17.4. The van der Waals surface area contributed by atoms with Gasteiger partial charge in [-0.3, -0.25) is 9.59 Å². The van der Waals surface area contributed by atoms with Crippen LogP contribution < -0.4 is 21.3 Å². The van der Waals surface area contributed by atoms with E-state index >= 15 is 0 Å². The molecule has 0 aromatic heterocycles. The van der Waals surface area contributed by atoms with Crippen LogP contribution >= 0.6 is 15.9 Å². The minimum atomic E-state index is -0.460. The first kappa shape index (κ1) is 23.0. The summed E-state index contributed by atoms with van der Waals surface area (Å²) in [5.41, 5.74) is 2.56. The summed E-state index contributed by atoms with van der Waals surface area (Å²) in [4.78, 5) is 36.5. The summed E-state index contributed by atoms with van der Waals surface area (Å²) in [5.74, 6) is -0.487. The van der Waals surface area contributed by atoms with Crippen LogP contribution in [-0.4, -0.2) is 17.8 Å². The number of rotatable bonds is 7. The summed E-state index contributed by atoms with van der Waals surface area (Å²) in [5, 5.41) is 11.1. The van der Waals surface area contributed by atoms with Crippen LogP contribution in [0.1, 0.15) is 24.9 Å². The maximum absolute atomic E-state index is 12.6. The number of para-hydroxylation sites is 1. The Bertz CT molecular complexity index is 1090. The molecule has 0 heterocycles. The molecule has 3 aromatic rings. The molecule has 1 unspecified atom stereocenters. The van der Waals surface area contributed by atoms with Crippen LogP contribution in [0.3, 0.4) is 0 Å². The highest BCUT2D eigenvalue weighted by Gasteiger charge is 2.17. The van der Waals surface area contributed by atoms with E-state index in [9.17, 15) is 14.4 Å². The van der Waals surface area contributed by atoms with Crippen LogP contribution in [0.4, 0.5) is 21.9 Å². The molecule has 4 N–H and O–H groups in total. The van der Waals surface area contributed by atoms with Crippen LogP contribution in [0, 0.1) is 0 Å². The molecule has 32 heavy (non-hydrogen) atoms. The average Bonchev–Trinajstić information content (AvgIpc) is 2.74. The monoisotopic (exact) mass is 494 g/mol. The number of nitrogens with one attached hydrogen (secondary N) is 4. The second-order valence-electron chi connectivity index (χ2n) is 7.08.